The summed E-state index contributed by atoms with van der Waals surface area (Å²) in [4.78, 5) is 37.8. The van der Waals surface area contributed by atoms with Crippen molar-refractivity contribution in [1.29, 1.82) is 0 Å². The van der Waals surface area contributed by atoms with Gasteiger partial charge in [0.1, 0.15) is 5.75 Å². The lowest BCUT2D eigenvalue weighted by atomic mass is 10.1. The summed E-state index contributed by atoms with van der Waals surface area (Å²) >= 11 is 6.00. The maximum absolute atomic E-state index is 12.3. The molecule has 1 aliphatic rings. The van der Waals surface area contributed by atoms with Gasteiger partial charge in [0, 0.05) is 18.7 Å². The van der Waals surface area contributed by atoms with Crippen molar-refractivity contribution in [3.8, 4) is 5.75 Å². The van der Waals surface area contributed by atoms with E-state index in [-0.39, 0.29) is 35.0 Å². The van der Waals surface area contributed by atoms with E-state index in [9.17, 15) is 14.4 Å². The molecule has 1 heterocycles. The van der Waals surface area contributed by atoms with Gasteiger partial charge in [-0.25, -0.2) is 0 Å². The van der Waals surface area contributed by atoms with Crippen LogP contribution in [0.2, 0.25) is 5.02 Å². The Morgan fingerprint density at radius 1 is 1.12 bits per heavy atom. The highest BCUT2D eigenvalue weighted by Gasteiger charge is 2.36. The van der Waals surface area contributed by atoms with Gasteiger partial charge in [0.05, 0.1) is 23.3 Å². The fourth-order valence-electron chi connectivity index (χ4n) is 2.61. The highest BCUT2D eigenvalue weighted by molar-refractivity contribution is 6.37. The Labute approximate surface area is 149 Å². The second-order valence-corrected chi connectivity index (χ2v) is 5.86. The van der Waals surface area contributed by atoms with Gasteiger partial charge in [0.2, 0.25) is 5.91 Å². The molecule has 2 aromatic carbocycles. The van der Waals surface area contributed by atoms with Gasteiger partial charge in [0.25, 0.3) is 11.8 Å². The molecule has 3 rings (SSSR count). The quantitative estimate of drug-likeness (QED) is 0.834. The van der Waals surface area contributed by atoms with Crippen LogP contribution in [-0.2, 0) is 4.79 Å². The Kier molecular flexibility index (Phi) is 4.72. The number of imide groups is 1. The Bertz CT molecular complexity index is 849. The monoisotopic (exact) mass is 358 g/mol. The third-order valence-corrected chi connectivity index (χ3v) is 4.20. The number of nitrogens with one attached hydrogen (secondary N) is 1. The van der Waals surface area contributed by atoms with Crippen molar-refractivity contribution in [2.45, 2.75) is 6.42 Å². The van der Waals surface area contributed by atoms with E-state index in [1.54, 1.807) is 49.6 Å². The lowest BCUT2D eigenvalue weighted by Crippen LogP contribution is -2.32. The van der Waals surface area contributed by atoms with Crippen molar-refractivity contribution >= 4 is 35.0 Å². The molecular formula is C18H15ClN2O4. The second kappa shape index (κ2) is 6.94. The van der Waals surface area contributed by atoms with Gasteiger partial charge in [-0.1, -0.05) is 17.7 Å². The van der Waals surface area contributed by atoms with Crippen molar-refractivity contribution in [3.63, 3.8) is 0 Å². The van der Waals surface area contributed by atoms with Gasteiger partial charge in [-0.05, 0) is 36.4 Å². The largest absolute Gasteiger partial charge is 0.497 e. The average molecular weight is 359 g/mol. The smallest absolute Gasteiger partial charge is 0.263 e. The standard InChI is InChI=1S/C18H15ClN2O4/c1-25-12-7-5-11(6-8-12)20-15(22)9-10-21-17(23)13-3-2-4-14(19)16(13)18(21)24/h2-8H,9-10H2,1H3,(H,20,22). The third kappa shape index (κ3) is 3.34. The van der Waals surface area contributed by atoms with Gasteiger partial charge in [0.15, 0.2) is 0 Å². The molecule has 1 N–H and O–H groups in total. The summed E-state index contributed by atoms with van der Waals surface area (Å²) in [6, 6.07) is 11.6. The molecule has 0 aliphatic carbocycles. The molecule has 2 aromatic rings. The van der Waals surface area contributed by atoms with E-state index in [0.717, 1.165) is 4.90 Å². The summed E-state index contributed by atoms with van der Waals surface area (Å²) in [5.41, 5.74) is 1.08. The van der Waals surface area contributed by atoms with Gasteiger partial charge in [-0.15, -0.1) is 0 Å². The normalized spacial score (nSPS) is 13.0. The summed E-state index contributed by atoms with van der Waals surface area (Å²) in [6.07, 6.45) is -0.00484. The molecule has 6 nitrogen and oxygen atoms in total. The van der Waals surface area contributed by atoms with E-state index in [1.165, 1.54) is 0 Å². The molecule has 0 bridgehead atoms. The zero-order chi connectivity index (χ0) is 18.0. The van der Waals surface area contributed by atoms with E-state index >= 15 is 0 Å². The number of anilines is 1. The minimum Gasteiger partial charge on any atom is -0.497 e. The van der Waals surface area contributed by atoms with Crippen LogP contribution in [0.5, 0.6) is 5.75 Å². The molecule has 0 radical (unpaired) electrons. The predicted molar refractivity (Wildman–Crippen MR) is 93.1 cm³/mol. The van der Waals surface area contributed by atoms with Crippen LogP contribution in [-0.4, -0.2) is 36.3 Å². The van der Waals surface area contributed by atoms with Crippen LogP contribution >= 0.6 is 11.6 Å². The topological polar surface area (TPSA) is 75.7 Å². The first kappa shape index (κ1) is 17.0. The number of fused-ring (bicyclic) bond motifs is 1. The van der Waals surface area contributed by atoms with Crippen LogP contribution in [0.25, 0.3) is 0 Å². The molecule has 0 saturated carbocycles. The van der Waals surface area contributed by atoms with Gasteiger partial charge < -0.3 is 10.1 Å². The number of hydrogen-bond acceptors (Lipinski definition) is 4. The first-order valence-corrected chi connectivity index (χ1v) is 7.97. The fraction of sp³-hybridized carbons (Fsp3) is 0.167. The summed E-state index contributed by atoms with van der Waals surface area (Å²) in [6.45, 7) is -0.00926. The Balaban J connectivity index is 1.62. The summed E-state index contributed by atoms with van der Waals surface area (Å²) in [5.74, 6) is -0.517. The molecule has 0 saturated heterocycles. The average Bonchev–Trinajstić information content (AvgIpc) is 2.86. The van der Waals surface area contributed by atoms with E-state index in [2.05, 4.69) is 5.32 Å². The van der Waals surface area contributed by atoms with Crippen molar-refractivity contribution in [1.82, 2.24) is 4.90 Å². The second-order valence-electron chi connectivity index (χ2n) is 5.45. The predicted octanol–water partition coefficient (Wildman–Crippen LogP) is 2.97. The Hall–Kier alpha value is -2.86. The Morgan fingerprint density at radius 2 is 1.84 bits per heavy atom. The zero-order valence-corrected chi connectivity index (χ0v) is 14.2. The molecule has 0 unspecified atom stereocenters. The van der Waals surface area contributed by atoms with Crippen LogP contribution in [0.15, 0.2) is 42.5 Å². The number of carbonyl (C=O) groups is 3. The van der Waals surface area contributed by atoms with E-state index < -0.39 is 11.8 Å². The third-order valence-electron chi connectivity index (χ3n) is 3.88. The number of hydrogen-bond donors (Lipinski definition) is 1. The van der Waals surface area contributed by atoms with Crippen molar-refractivity contribution in [2.75, 3.05) is 19.0 Å². The number of rotatable bonds is 5. The van der Waals surface area contributed by atoms with Crippen molar-refractivity contribution in [3.05, 3.63) is 58.6 Å². The van der Waals surface area contributed by atoms with Crippen LogP contribution in [0, 0.1) is 0 Å². The molecule has 0 atom stereocenters. The van der Waals surface area contributed by atoms with Gasteiger partial charge in [-0.2, -0.15) is 0 Å². The molecule has 25 heavy (non-hydrogen) atoms. The maximum Gasteiger partial charge on any atom is 0.263 e. The van der Waals surface area contributed by atoms with Crippen LogP contribution in [0.4, 0.5) is 5.69 Å². The van der Waals surface area contributed by atoms with Gasteiger partial charge in [-0.3, -0.25) is 19.3 Å². The molecule has 0 spiro atoms. The lowest BCUT2D eigenvalue weighted by molar-refractivity contribution is -0.116. The minimum absolute atomic E-state index is 0.00484. The first-order chi connectivity index (χ1) is 12.0. The van der Waals surface area contributed by atoms with Crippen molar-refractivity contribution < 1.29 is 19.1 Å². The summed E-state index contributed by atoms with van der Waals surface area (Å²) in [5, 5.41) is 2.95. The minimum atomic E-state index is -0.470. The first-order valence-electron chi connectivity index (χ1n) is 7.60. The maximum atomic E-state index is 12.3. The molecular weight excluding hydrogens is 344 g/mol. The Morgan fingerprint density at radius 3 is 2.48 bits per heavy atom. The highest BCUT2D eigenvalue weighted by Crippen LogP contribution is 2.29. The molecule has 0 aromatic heterocycles. The number of nitrogens with zero attached hydrogens (tertiary/aromatic N) is 1. The number of methoxy groups -OCH3 is 1. The van der Waals surface area contributed by atoms with Crippen molar-refractivity contribution in [2.24, 2.45) is 0 Å². The number of halogens is 1. The van der Waals surface area contributed by atoms with E-state index in [0.29, 0.717) is 11.4 Å². The molecule has 1 aliphatic heterocycles. The highest BCUT2D eigenvalue weighted by atomic mass is 35.5. The molecule has 128 valence electrons. The zero-order valence-electron chi connectivity index (χ0n) is 13.4. The molecule has 0 fully saturated rings. The van der Waals surface area contributed by atoms with Gasteiger partial charge >= 0.3 is 0 Å². The SMILES string of the molecule is COc1ccc(NC(=O)CCN2C(=O)c3cccc(Cl)c3C2=O)cc1. The number of amides is 3. The number of carbonyl (C=O) groups excluding carboxylic acids is 3. The van der Waals surface area contributed by atoms with Crippen LogP contribution in [0.1, 0.15) is 27.1 Å². The molecule has 3 amide bonds. The lowest BCUT2D eigenvalue weighted by Gasteiger charge is -2.13. The molecule has 7 heteroatoms. The summed E-state index contributed by atoms with van der Waals surface area (Å²) in [7, 11) is 1.56. The van der Waals surface area contributed by atoms with E-state index in [1.807, 2.05) is 0 Å². The summed E-state index contributed by atoms with van der Waals surface area (Å²) < 4.78 is 5.05. The number of benzene rings is 2. The fourth-order valence-corrected chi connectivity index (χ4v) is 2.86. The van der Waals surface area contributed by atoms with E-state index in [4.69, 9.17) is 16.3 Å². The van der Waals surface area contributed by atoms with Crippen LogP contribution < -0.4 is 10.1 Å². The number of ether oxygens (including phenoxy) is 1. The van der Waals surface area contributed by atoms with Crippen LogP contribution in [0.3, 0.4) is 0 Å².